The third-order valence-corrected chi connectivity index (χ3v) is 5.16. The number of nitrogens with one attached hydrogen (secondary N) is 1. The van der Waals surface area contributed by atoms with E-state index in [1.165, 1.54) is 0 Å². The minimum Gasteiger partial charge on any atom is -0.481 e. The Morgan fingerprint density at radius 3 is 2.90 bits per heavy atom. The molecule has 2 saturated heterocycles. The van der Waals surface area contributed by atoms with Gasteiger partial charge in [-0.1, -0.05) is 11.6 Å². The van der Waals surface area contributed by atoms with Crippen molar-refractivity contribution in [3.8, 4) is 11.9 Å². The highest BCUT2D eigenvalue weighted by molar-refractivity contribution is 6.32. The highest BCUT2D eigenvalue weighted by Crippen LogP contribution is 2.31. The fraction of sp³-hybridized carbons (Fsp3) is 0.611. The molecule has 29 heavy (non-hydrogen) atoms. The fourth-order valence-corrected chi connectivity index (χ4v) is 3.65. The van der Waals surface area contributed by atoms with Gasteiger partial charge in [0.2, 0.25) is 5.88 Å². The van der Waals surface area contributed by atoms with Crippen molar-refractivity contribution in [2.45, 2.75) is 50.1 Å². The molecule has 158 valence electrons. The first-order valence-corrected chi connectivity index (χ1v) is 9.88. The highest BCUT2D eigenvalue weighted by Gasteiger charge is 2.48. The van der Waals surface area contributed by atoms with Crippen LogP contribution in [0.15, 0.2) is 6.07 Å². The molecule has 0 aromatic carbocycles. The van der Waals surface area contributed by atoms with Crippen LogP contribution in [0.25, 0.3) is 11.2 Å². The van der Waals surface area contributed by atoms with Crippen molar-refractivity contribution in [1.29, 1.82) is 0 Å². The lowest BCUT2D eigenvalue weighted by Gasteiger charge is -2.15. The van der Waals surface area contributed by atoms with Gasteiger partial charge in [-0.05, 0) is 25.3 Å². The lowest BCUT2D eigenvalue weighted by atomic mass is 10.1. The molecular formula is C18H22ClN3O7. The van der Waals surface area contributed by atoms with E-state index >= 15 is 0 Å². The number of rotatable bonds is 9. The van der Waals surface area contributed by atoms with Gasteiger partial charge in [-0.2, -0.15) is 9.97 Å². The van der Waals surface area contributed by atoms with E-state index in [1.807, 2.05) is 0 Å². The Labute approximate surface area is 171 Å². The molecule has 4 heterocycles. The van der Waals surface area contributed by atoms with E-state index in [2.05, 4.69) is 15.0 Å². The number of unbranched alkanes of at least 4 members (excludes halogenated alkanes) is 2. The molecule has 0 amide bonds. The van der Waals surface area contributed by atoms with Gasteiger partial charge in [0.05, 0.1) is 25.3 Å². The third kappa shape index (κ3) is 4.55. The number of hydrogen-bond donors (Lipinski definition) is 3. The quantitative estimate of drug-likeness (QED) is 0.509. The van der Waals surface area contributed by atoms with Crippen LogP contribution < -0.4 is 9.47 Å². The Bertz CT molecular complexity index is 877. The molecule has 10 nitrogen and oxygen atoms in total. The summed E-state index contributed by atoms with van der Waals surface area (Å²) >= 11 is 6.23. The van der Waals surface area contributed by atoms with E-state index in [-0.39, 0.29) is 43.2 Å². The molecule has 1 unspecified atom stereocenters. The number of aliphatic hydroxyl groups excluding tert-OH is 1. The van der Waals surface area contributed by atoms with Gasteiger partial charge in [-0.3, -0.25) is 4.79 Å². The van der Waals surface area contributed by atoms with Gasteiger partial charge in [0.15, 0.2) is 11.8 Å². The van der Waals surface area contributed by atoms with Crippen molar-refractivity contribution >= 4 is 28.7 Å². The molecule has 2 aromatic heterocycles. The summed E-state index contributed by atoms with van der Waals surface area (Å²) in [5, 5.41) is 18.8. The number of H-pyrrole nitrogens is 1. The zero-order valence-electron chi connectivity index (χ0n) is 15.5. The topological polar surface area (TPSA) is 136 Å². The van der Waals surface area contributed by atoms with Crippen LogP contribution in [0, 0.1) is 0 Å². The van der Waals surface area contributed by atoms with Gasteiger partial charge < -0.3 is 34.1 Å². The molecule has 0 saturated carbocycles. The Kier molecular flexibility index (Phi) is 6.04. The van der Waals surface area contributed by atoms with Crippen molar-refractivity contribution in [2.24, 2.45) is 0 Å². The van der Waals surface area contributed by atoms with Crippen LogP contribution in [0.1, 0.15) is 25.7 Å². The van der Waals surface area contributed by atoms with E-state index in [4.69, 9.17) is 35.7 Å². The van der Waals surface area contributed by atoms with Gasteiger partial charge in [0.25, 0.3) is 6.01 Å². The van der Waals surface area contributed by atoms with Crippen LogP contribution in [-0.4, -0.2) is 75.4 Å². The molecule has 0 aliphatic carbocycles. The average Bonchev–Trinajstić information content (AvgIpc) is 3.35. The van der Waals surface area contributed by atoms with Crippen LogP contribution in [0.2, 0.25) is 5.02 Å². The van der Waals surface area contributed by atoms with Crippen LogP contribution >= 0.6 is 11.6 Å². The number of pyridine rings is 1. The van der Waals surface area contributed by atoms with E-state index in [0.29, 0.717) is 42.2 Å². The van der Waals surface area contributed by atoms with Crippen LogP contribution in [-0.2, 0) is 14.3 Å². The molecule has 0 spiro atoms. The van der Waals surface area contributed by atoms with Gasteiger partial charge in [-0.15, -0.1) is 0 Å². The fourth-order valence-electron chi connectivity index (χ4n) is 3.45. The van der Waals surface area contributed by atoms with Crippen LogP contribution in [0.3, 0.4) is 0 Å². The van der Waals surface area contributed by atoms with E-state index < -0.39 is 12.1 Å². The number of carboxylic acids is 1. The molecule has 4 atom stereocenters. The molecule has 11 heteroatoms. The first-order chi connectivity index (χ1) is 14.0. The van der Waals surface area contributed by atoms with E-state index in [0.717, 1.165) is 6.42 Å². The highest BCUT2D eigenvalue weighted by atomic mass is 35.5. The lowest BCUT2D eigenvalue weighted by Crippen LogP contribution is -2.34. The average molecular weight is 428 g/mol. The van der Waals surface area contributed by atoms with E-state index in [1.54, 1.807) is 6.07 Å². The number of imidazole rings is 1. The SMILES string of the molecule is O=C(O)CCCCCOc1nc2nc(O[C@@H]3CO[C@H]4C3OC[C@H]4O)[nH]c2cc1Cl. The first kappa shape index (κ1) is 20.1. The number of ether oxygens (including phenoxy) is 4. The summed E-state index contributed by atoms with van der Waals surface area (Å²) in [6.45, 7) is 0.908. The Hall–Kier alpha value is -2.14. The summed E-state index contributed by atoms with van der Waals surface area (Å²) in [4.78, 5) is 22.2. The van der Waals surface area contributed by atoms with Crippen molar-refractivity contribution in [3.05, 3.63) is 11.1 Å². The summed E-state index contributed by atoms with van der Waals surface area (Å²) < 4.78 is 22.5. The predicted molar refractivity (Wildman–Crippen MR) is 100 cm³/mol. The first-order valence-electron chi connectivity index (χ1n) is 9.50. The number of fused-ring (bicyclic) bond motifs is 2. The number of aliphatic hydroxyl groups is 1. The zero-order valence-corrected chi connectivity index (χ0v) is 16.3. The number of hydrogen-bond acceptors (Lipinski definition) is 8. The number of aromatic nitrogens is 3. The van der Waals surface area contributed by atoms with Crippen molar-refractivity contribution in [1.82, 2.24) is 15.0 Å². The summed E-state index contributed by atoms with van der Waals surface area (Å²) in [6, 6.07) is 1.92. The second-order valence-electron chi connectivity index (χ2n) is 7.06. The predicted octanol–water partition coefficient (Wildman–Crippen LogP) is 1.54. The summed E-state index contributed by atoms with van der Waals surface area (Å²) in [7, 11) is 0. The van der Waals surface area contributed by atoms with Crippen LogP contribution in [0.5, 0.6) is 11.9 Å². The molecule has 2 aliphatic heterocycles. The smallest absolute Gasteiger partial charge is 0.303 e. The molecule has 4 rings (SSSR count). The van der Waals surface area contributed by atoms with Gasteiger partial charge in [0, 0.05) is 6.42 Å². The van der Waals surface area contributed by atoms with Crippen LogP contribution in [0.4, 0.5) is 0 Å². The molecule has 0 radical (unpaired) electrons. The second-order valence-corrected chi connectivity index (χ2v) is 7.47. The molecule has 2 fully saturated rings. The lowest BCUT2D eigenvalue weighted by molar-refractivity contribution is -0.137. The number of nitrogens with zero attached hydrogens (tertiary/aromatic N) is 2. The maximum absolute atomic E-state index is 10.5. The monoisotopic (exact) mass is 427 g/mol. The van der Waals surface area contributed by atoms with Crippen molar-refractivity contribution < 1.29 is 34.0 Å². The molecular weight excluding hydrogens is 406 g/mol. The zero-order chi connectivity index (χ0) is 20.4. The maximum atomic E-state index is 10.5. The van der Waals surface area contributed by atoms with Gasteiger partial charge >= 0.3 is 5.97 Å². The largest absolute Gasteiger partial charge is 0.481 e. The molecule has 2 aromatic rings. The van der Waals surface area contributed by atoms with E-state index in [9.17, 15) is 9.90 Å². The Balaban J connectivity index is 1.35. The summed E-state index contributed by atoms with van der Waals surface area (Å²) in [5.41, 5.74) is 0.995. The minimum absolute atomic E-state index is 0.151. The van der Waals surface area contributed by atoms with Crippen molar-refractivity contribution in [2.75, 3.05) is 19.8 Å². The van der Waals surface area contributed by atoms with Gasteiger partial charge in [-0.25, -0.2) is 0 Å². The number of halogens is 1. The number of carbonyl (C=O) groups is 1. The maximum Gasteiger partial charge on any atom is 0.303 e. The Morgan fingerprint density at radius 1 is 1.24 bits per heavy atom. The number of carboxylic acid groups (broad SMARTS) is 1. The van der Waals surface area contributed by atoms with Crippen molar-refractivity contribution in [3.63, 3.8) is 0 Å². The second kappa shape index (κ2) is 8.70. The Morgan fingerprint density at radius 2 is 2.07 bits per heavy atom. The third-order valence-electron chi connectivity index (χ3n) is 4.89. The molecule has 3 N–H and O–H groups in total. The normalized spacial score (nSPS) is 26.0. The molecule has 2 aliphatic rings. The summed E-state index contributed by atoms with van der Waals surface area (Å²) in [6.07, 6.45) is 0.458. The minimum atomic E-state index is -0.798. The van der Waals surface area contributed by atoms with Gasteiger partial charge in [0.1, 0.15) is 23.3 Å². The standard InChI is InChI=1S/C18H22ClN3O7/c19-9-6-10-16(21-17(9)26-5-3-1-2-4-13(24)25)22-18(20-10)29-12-8-28-14-11(23)7-27-15(12)14/h6,11-12,14-15,23H,1-5,7-8H2,(H,24,25)(H,20,21,22)/t11-,12-,14-,15?/m1/s1. The summed E-state index contributed by atoms with van der Waals surface area (Å²) in [5.74, 6) is -0.532. The molecule has 0 bridgehead atoms. The number of aliphatic carboxylic acids is 1. The number of aromatic amines is 1.